The van der Waals surface area contributed by atoms with Gasteiger partial charge in [-0.15, -0.1) is 0 Å². The molecular formula is C24H23F2N5O4. The molecule has 182 valence electrons. The van der Waals surface area contributed by atoms with Gasteiger partial charge in [0.2, 0.25) is 17.7 Å². The second kappa shape index (κ2) is 10.3. The summed E-state index contributed by atoms with van der Waals surface area (Å²) in [7, 11) is 3.00. The Kier molecular flexibility index (Phi) is 7.04. The molecule has 4 rings (SSSR count). The first kappa shape index (κ1) is 23.9. The zero-order chi connectivity index (χ0) is 24.9. The molecule has 1 N–H and O–H groups in total. The standard InChI is InChI=1S/C24H23F2N5O4/c1-34-19-14-20(35-2)29-24(28-19)31-12-10-30(11-13-31)23(33)15-6-3-4-9-18(15)27-22(32)21-16(25)7-5-8-17(21)26/h3-9,14H,10-13H2,1-2H3,(H,27,32). The first-order valence-corrected chi connectivity index (χ1v) is 10.8. The van der Waals surface area contributed by atoms with Crippen LogP contribution in [0.4, 0.5) is 20.4 Å². The van der Waals surface area contributed by atoms with Crippen LogP contribution in [0.1, 0.15) is 20.7 Å². The van der Waals surface area contributed by atoms with E-state index in [-0.39, 0.29) is 17.2 Å². The van der Waals surface area contributed by atoms with Crippen molar-refractivity contribution in [2.75, 3.05) is 50.6 Å². The lowest BCUT2D eigenvalue weighted by atomic mass is 10.1. The molecule has 11 heteroatoms. The fraction of sp³-hybridized carbons (Fsp3) is 0.250. The van der Waals surface area contributed by atoms with Crippen molar-refractivity contribution in [2.24, 2.45) is 0 Å². The van der Waals surface area contributed by atoms with Crippen molar-refractivity contribution in [1.29, 1.82) is 0 Å². The molecule has 1 aliphatic heterocycles. The van der Waals surface area contributed by atoms with Gasteiger partial charge in [0.25, 0.3) is 11.8 Å². The molecule has 2 amide bonds. The maximum Gasteiger partial charge on any atom is 0.261 e. The summed E-state index contributed by atoms with van der Waals surface area (Å²) in [6.07, 6.45) is 0. The number of halogens is 2. The molecule has 0 radical (unpaired) electrons. The Morgan fingerprint density at radius 1 is 0.886 bits per heavy atom. The number of anilines is 2. The van der Waals surface area contributed by atoms with E-state index in [1.165, 1.54) is 26.4 Å². The van der Waals surface area contributed by atoms with E-state index in [1.807, 2.05) is 4.90 Å². The minimum absolute atomic E-state index is 0.161. The molecule has 0 aliphatic carbocycles. The highest BCUT2D eigenvalue weighted by Crippen LogP contribution is 2.24. The van der Waals surface area contributed by atoms with Crippen LogP contribution < -0.4 is 19.7 Å². The van der Waals surface area contributed by atoms with Gasteiger partial charge in [-0.3, -0.25) is 9.59 Å². The molecule has 0 bridgehead atoms. The zero-order valence-electron chi connectivity index (χ0n) is 19.1. The van der Waals surface area contributed by atoms with Gasteiger partial charge in [-0.05, 0) is 24.3 Å². The number of nitrogens with zero attached hydrogens (tertiary/aromatic N) is 4. The number of carbonyl (C=O) groups is 2. The van der Waals surface area contributed by atoms with Gasteiger partial charge in [0.1, 0.15) is 17.2 Å². The van der Waals surface area contributed by atoms with Crippen LogP contribution in [0.2, 0.25) is 0 Å². The Labute approximate surface area is 200 Å². The Balaban J connectivity index is 1.47. The number of carbonyl (C=O) groups excluding carboxylic acids is 2. The molecule has 3 aromatic rings. The summed E-state index contributed by atoms with van der Waals surface area (Å²) in [4.78, 5) is 38.0. The van der Waals surface area contributed by atoms with Gasteiger partial charge < -0.3 is 24.6 Å². The van der Waals surface area contributed by atoms with Crippen LogP contribution in [-0.4, -0.2) is 67.1 Å². The van der Waals surface area contributed by atoms with Crippen LogP contribution in [0.25, 0.3) is 0 Å². The SMILES string of the molecule is COc1cc(OC)nc(N2CCN(C(=O)c3ccccc3NC(=O)c3c(F)cccc3F)CC2)n1. The average molecular weight is 483 g/mol. The minimum atomic E-state index is -0.987. The number of nitrogens with one attached hydrogen (secondary N) is 1. The van der Waals surface area contributed by atoms with Crippen molar-refractivity contribution in [3.63, 3.8) is 0 Å². The van der Waals surface area contributed by atoms with E-state index in [0.29, 0.717) is 43.9 Å². The number of aromatic nitrogens is 2. The Hall–Kier alpha value is -4.28. The molecule has 1 aromatic heterocycles. The highest BCUT2D eigenvalue weighted by atomic mass is 19.1. The minimum Gasteiger partial charge on any atom is -0.481 e. The van der Waals surface area contributed by atoms with Gasteiger partial charge in [-0.2, -0.15) is 9.97 Å². The fourth-order valence-corrected chi connectivity index (χ4v) is 3.70. The van der Waals surface area contributed by atoms with Gasteiger partial charge >= 0.3 is 0 Å². The molecule has 1 saturated heterocycles. The number of piperazine rings is 1. The summed E-state index contributed by atoms with van der Waals surface area (Å²) in [5, 5.41) is 2.46. The molecular weight excluding hydrogens is 460 g/mol. The van der Waals surface area contributed by atoms with Gasteiger partial charge in [-0.1, -0.05) is 18.2 Å². The smallest absolute Gasteiger partial charge is 0.261 e. The predicted octanol–water partition coefficient (Wildman–Crippen LogP) is 2.99. The van der Waals surface area contributed by atoms with Crippen LogP contribution in [0.5, 0.6) is 11.8 Å². The van der Waals surface area contributed by atoms with Crippen molar-refractivity contribution in [1.82, 2.24) is 14.9 Å². The summed E-state index contributed by atoms with van der Waals surface area (Å²) in [6, 6.07) is 11.1. The van der Waals surface area contributed by atoms with Crippen molar-refractivity contribution in [3.05, 3.63) is 71.3 Å². The van der Waals surface area contributed by atoms with Crippen molar-refractivity contribution in [3.8, 4) is 11.8 Å². The molecule has 1 aliphatic rings. The van der Waals surface area contributed by atoms with E-state index in [2.05, 4.69) is 15.3 Å². The number of benzene rings is 2. The zero-order valence-corrected chi connectivity index (χ0v) is 19.1. The number of hydrogen-bond donors (Lipinski definition) is 1. The predicted molar refractivity (Wildman–Crippen MR) is 124 cm³/mol. The molecule has 0 spiro atoms. The maximum atomic E-state index is 14.0. The van der Waals surface area contributed by atoms with Gasteiger partial charge in [0.05, 0.1) is 31.5 Å². The van der Waals surface area contributed by atoms with E-state index in [9.17, 15) is 18.4 Å². The Morgan fingerprint density at radius 2 is 1.49 bits per heavy atom. The third-order valence-corrected chi connectivity index (χ3v) is 5.53. The van der Waals surface area contributed by atoms with Gasteiger partial charge in [-0.25, -0.2) is 8.78 Å². The highest BCUT2D eigenvalue weighted by molar-refractivity contribution is 6.09. The average Bonchev–Trinajstić information content (AvgIpc) is 2.88. The van der Waals surface area contributed by atoms with E-state index in [4.69, 9.17) is 9.47 Å². The normalized spacial score (nSPS) is 13.4. The second-order valence-corrected chi connectivity index (χ2v) is 7.63. The second-order valence-electron chi connectivity index (χ2n) is 7.63. The largest absolute Gasteiger partial charge is 0.481 e. The third kappa shape index (κ3) is 5.13. The molecule has 0 atom stereocenters. The number of ether oxygens (including phenoxy) is 2. The van der Waals surface area contributed by atoms with Crippen LogP contribution in [0.3, 0.4) is 0 Å². The summed E-state index contributed by atoms with van der Waals surface area (Å²) >= 11 is 0. The lowest BCUT2D eigenvalue weighted by Crippen LogP contribution is -2.49. The number of hydrogen-bond acceptors (Lipinski definition) is 7. The monoisotopic (exact) mass is 483 g/mol. The molecule has 1 fully saturated rings. The van der Waals surface area contributed by atoms with Gasteiger partial charge in [0, 0.05) is 26.2 Å². The van der Waals surface area contributed by atoms with E-state index in [0.717, 1.165) is 12.1 Å². The Morgan fingerprint density at radius 3 is 2.09 bits per heavy atom. The molecule has 9 nitrogen and oxygen atoms in total. The number of methoxy groups -OCH3 is 2. The lowest BCUT2D eigenvalue weighted by Gasteiger charge is -2.35. The molecule has 0 saturated carbocycles. The van der Waals surface area contributed by atoms with E-state index in [1.54, 1.807) is 29.2 Å². The van der Waals surface area contributed by atoms with E-state index >= 15 is 0 Å². The lowest BCUT2D eigenvalue weighted by molar-refractivity contribution is 0.0747. The molecule has 2 heterocycles. The maximum absolute atomic E-state index is 14.0. The van der Waals surface area contributed by atoms with Crippen molar-refractivity contribution >= 4 is 23.5 Å². The fourth-order valence-electron chi connectivity index (χ4n) is 3.70. The molecule has 35 heavy (non-hydrogen) atoms. The highest BCUT2D eigenvalue weighted by Gasteiger charge is 2.26. The van der Waals surface area contributed by atoms with E-state index < -0.39 is 23.1 Å². The van der Waals surface area contributed by atoms with Crippen LogP contribution >= 0.6 is 0 Å². The first-order chi connectivity index (χ1) is 16.9. The summed E-state index contributed by atoms with van der Waals surface area (Å²) < 4.78 is 38.4. The molecule has 0 unspecified atom stereocenters. The summed E-state index contributed by atoms with van der Waals surface area (Å²) in [5.41, 5.74) is -0.337. The number of para-hydroxylation sites is 1. The Bertz CT molecular complexity index is 1210. The summed E-state index contributed by atoms with van der Waals surface area (Å²) in [5.74, 6) is -2.12. The van der Waals surface area contributed by atoms with Gasteiger partial charge in [0.15, 0.2) is 0 Å². The van der Waals surface area contributed by atoms with Crippen molar-refractivity contribution < 1.29 is 27.8 Å². The first-order valence-electron chi connectivity index (χ1n) is 10.8. The topological polar surface area (TPSA) is 96.9 Å². The van der Waals surface area contributed by atoms with Crippen molar-refractivity contribution in [2.45, 2.75) is 0 Å². The van der Waals surface area contributed by atoms with Crippen LogP contribution in [0, 0.1) is 11.6 Å². The summed E-state index contributed by atoms with van der Waals surface area (Å²) in [6.45, 7) is 1.64. The van der Waals surface area contributed by atoms with Crippen LogP contribution in [0.15, 0.2) is 48.5 Å². The quantitative estimate of drug-likeness (QED) is 0.576. The van der Waals surface area contributed by atoms with Crippen LogP contribution in [-0.2, 0) is 0 Å². The molecule has 2 aromatic carbocycles. The number of amides is 2. The number of rotatable bonds is 6. The third-order valence-electron chi connectivity index (χ3n) is 5.53.